The third-order valence-corrected chi connectivity index (χ3v) is 2.39. The third kappa shape index (κ3) is 2.25. The molecule has 0 saturated heterocycles. The number of rotatable bonds is 4. The molecule has 0 atom stereocenters. The summed E-state index contributed by atoms with van der Waals surface area (Å²) in [5.74, 6) is 0.890. The number of hydrogen-bond donors (Lipinski definition) is 2. The molecule has 3 N–H and O–H groups in total. The van der Waals surface area contributed by atoms with E-state index in [1.807, 2.05) is 11.9 Å². The van der Waals surface area contributed by atoms with Gasteiger partial charge in [0.2, 0.25) is 5.65 Å². The summed E-state index contributed by atoms with van der Waals surface area (Å²) in [6, 6.07) is 0. The van der Waals surface area contributed by atoms with Crippen LogP contribution in [0.1, 0.15) is 6.42 Å². The van der Waals surface area contributed by atoms with Gasteiger partial charge in [0.15, 0.2) is 5.82 Å². The van der Waals surface area contributed by atoms with Crippen LogP contribution in [0.25, 0.3) is 5.65 Å². The van der Waals surface area contributed by atoms with Crippen LogP contribution < -0.4 is 10.6 Å². The van der Waals surface area contributed by atoms with Gasteiger partial charge in [-0.3, -0.25) is 4.40 Å². The molecule has 0 amide bonds. The van der Waals surface area contributed by atoms with Crippen LogP contribution >= 0.6 is 0 Å². The number of hydrogen-bond acceptors (Lipinski definition) is 6. The van der Waals surface area contributed by atoms with E-state index in [2.05, 4.69) is 20.3 Å². The smallest absolute Gasteiger partial charge is 0.203 e. The number of fused-ring (bicyclic) bond motifs is 1. The Kier molecular flexibility index (Phi) is 3.03. The van der Waals surface area contributed by atoms with Crippen molar-refractivity contribution in [2.75, 3.05) is 18.5 Å². The van der Waals surface area contributed by atoms with Crippen molar-refractivity contribution in [3.05, 3.63) is 18.7 Å². The number of amidine groups is 1. The Balaban J connectivity index is 2.18. The zero-order valence-electron chi connectivity index (χ0n) is 9.35. The van der Waals surface area contributed by atoms with Crippen molar-refractivity contribution in [3.8, 4) is 0 Å². The predicted octanol–water partition coefficient (Wildman–Crippen LogP) is -0.303. The zero-order valence-corrected chi connectivity index (χ0v) is 9.35. The Bertz CT molecular complexity index is 535. The first kappa shape index (κ1) is 11.1. The highest BCUT2D eigenvalue weighted by molar-refractivity contribution is 5.80. The Labute approximate surface area is 97.4 Å². The van der Waals surface area contributed by atoms with Crippen molar-refractivity contribution in [1.82, 2.24) is 19.6 Å². The first-order valence-corrected chi connectivity index (χ1v) is 5.04. The highest BCUT2D eigenvalue weighted by Crippen LogP contribution is 2.14. The molecule has 0 aromatic carbocycles. The molecule has 0 spiro atoms. The Hall–Kier alpha value is -2.38. The van der Waals surface area contributed by atoms with E-state index in [0.29, 0.717) is 24.4 Å². The molecule has 0 saturated carbocycles. The highest BCUT2D eigenvalue weighted by Gasteiger charge is 2.10. The fraction of sp³-hybridized carbons (Fsp3) is 0.333. The van der Waals surface area contributed by atoms with Gasteiger partial charge < -0.3 is 15.8 Å². The van der Waals surface area contributed by atoms with E-state index in [9.17, 15) is 0 Å². The Morgan fingerprint density at radius 2 is 2.47 bits per heavy atom. The summed E-state index contributed by atoms with van der Waals surface area (Å²) in [6.45, 7) is 0.579. The zero-order chi connectivity index (χ0) is 12.3. The molecule has 2 aromatic rings. The monoisotopic (exact) mass is 235 g/mol. The lowest BCUT2D eigenvalue weighted by molar-refractivity contribution is 0.317. The molecule has 90 valence electrons. The van der Waals surface area contributed by atoms with Gasteiger partial charge in [-0.2, -0.15) is 0 Å². The molecule has 2 rings (SSSR count). The van der Waals surface area contributed by atoms with Crippen LogP contribution in [-0.4, -0.2) is 44.2 Å². The summed E-state index contributed by atoms with van der Waals surface area (Å²) in [5.41, 5.74) is 6.09. The maximum Gasteiger partial charge on any atom is 0.203 e. The van der Waals surface area contributed by atoms with Gasteiger partial charge in [0.05, 0.1) is 0 Å². The van der Waals surface area contributed by atoms with Crippen molar-refractivity contribution in [2.45, 2.75) is 6.42 Å². The summed E-state index contributed by atoms with van der Waals surface area (Å²) in [6.07, 6.45) is 5.50. The van der Waals surface area contributed by atoms with Crippen LogP contribution in [0.15, 0.2) is 23.9 Å². The van der Waals surface area contributed by atoms with E-state index in [1.165, 1.54) is 0 Å². The standard InChI is InChI=1S/C9H13N7O/c1-15(4-2-7(10)14-17)8-9-13-12-6-16(9)5-3-11-8/h3,5-6,17H,2,4H2,1H3,(H2,10,14). The van der Waals surface area contributed by atoms with Gasteiger partial charge in [-0.15, -0.1) is 10.2 Å². The lowest BCUT2D eigenvalue weighted by Crippen LogP contribution is -2.25. The van der Waals surface area contributed by atoms with Crippen molar-refractivity contribution < 1.29 is 5.21 Å². The van der Waals surface area contributed by atoms with Crippen LogP contribution in [0.5, 0.6) is 0 Å². The van der Waals surface area contributed by atoms with Crippen LogP contribution in [0.3, 0.4) is 0 Å². The molecule has 2 heterocycles. The highest BCUT2D eigenvalue weighted by atomic mass is 16.4. The number of oxime groups is 1. The normalized spacial score (nSPS) is 11.9. The number of nitrogens with zero attached hydrogens (tertiary/aromatic N) is 6. The molecule has 17 heavy (non-hydrogen) atoms. The van der Waals surface area contributed by atoms with Gasteiger partial charge in [-0.25, -0.2) is 4.98 Å². The average Bonchev–Trinajstić information content (AvgIpc) is 2.83. The summed E-state index contributed by atoms with van der Waals surface area (Å²) in [7, 11) is 1.86. The molecule has 0 bridgehead atoms. The molecule has 0 fully saturated rings. The SMILES string of the molecule is CN(CCC(N)=NO)c1nccn2cnnc12. The Morgan fingerprint density at radius 1 is 1.65 bits per heavy atom. The van der Waals surface area contributed by atoms with Crippen LogP contribution in [0.4, 0.5) is 5.82 Å². The molecule has 8 heteroatoms. The van der Waals surface area contributed by atoms with Gasteiger partial charge >= 0.3 is 0 Å². The lowest BCUT2D eigenvalue weighted by Gasteiger charge is -2.17. The van der Waals surface area contributed by atoms with Crippen LogP contribution in [0, 0.1) is 0 Å². The van der Waals surface area contributed by atoms with Gasteiger partial charge in [-0.1, -0.05) is 5.16 Å². The van der Waals surface area contributed by atoms with Gasteiger partial charge in [-0.05, 0) is 0 Å². The second kappa shape index (κ2) is 4.64. The van der Waals surface area contributed by atoms with Crippen molar-refractivity contribution in [2.24, 2.45) is 10.9 Å². The average molecular weight is 235 g/mol. The van der Waals surface area contributed by atoms with E-state index < -0.39 is 0 Å². The molecule has 0 radical (unpaired) electrons. The van der Waals surface area contributed by atoms with Crippen LogP contribution in [-0.2, 0) is 0 Å². The minimum absolute atomic E-state index is 0.185. The van der Waals surface area contributed by atoms with Gasteiger partial charge in [0.1, 0.15) is 12.2 Å². The molecule has 8 nitrogen and oxygen atoms in total. The largest absolute Gasteiger partial charge is 0.409 e. The number of aromatic nitrogens is 4. The molecule has 2 aromatic heterocycles. The van der Waals surface area contributed by atoms with E-state index in [1.54, 1.807) is 23.1 Å². The minimum atomic E-state index is 0.185. The maximum absolute atomic E-state index is 8.46. The lowest BCUT2D eigenvalue weighted by atomic mass is 10.3. The van der Waals surface area contributed by atoms with E-state index >= 15 is 0 Å². The third-order valence-electron chi connectivity index (χ3n) is 2.39. The van der Waals surface area contributed by atoms with E-state index in [-0.39, 0.29) is 5.84 Å². The van der Waals surface area contributed by atoms with Crippen molar-refractivity contribution in [1.29, 1.82) is 0 Å². The van der Waals surface area contributed by atoms with E-state index in [4.69, 9.17) is 10.9 Å². The number of anilines is 1. The molecule has 0 unspecified atom stereocenters. The van der Waals surface area contributed by atoms with Crippen molar-refractivity contribution >= 4 is 17.3 Å². The predicted molar refractivity (Wildman–Crippen MR) is 62.1 cm³/mol. The summed E-state index contributed by atoms with van der Waals surface area (Å²) in [5, 5.41) is 19.2. The second-order valence-corrected chi connectivity index (χ2v) is 3.58. The molecule has 0 aliphatic heterocycles. The molecular formula is C9H13N7O. The van der Waals surface area contributed by atoms with Crippen LogP contribution in [0.2, 0.25) is 0 Å². The summed E-state index contributed by atoms with van der Waals surface area (Å²) >= 11 is 0. The molecular weight excluding hydrogens is 222 g/mol. The maximum atomic E-state index is 8.46. The van der Waals surface area contributed by atoms with Gasteiger partial charge in [0.25, 0.3) is 0 Å². The first-order chi connectivity index (χ1) is 8.22. The van der Waals surface area contributed by atoms with Crippen molar-refractivity contribution in [3.63, 3.8) is 0 Å². The second-order valence-electron chi connectivity index (χ2n) is 3.58. The number of nitrogens with two attached hydrogens (primary N) is 1. The minimum Gasteiger partial charge on any atom is -0.409 e. The molecule has 0 aliphatic carbocycles. The summed E-state index contributed by atoms with van der Waals surface area (Å²) < 4.78 is 1.78. The molecule has 0 aliphatic rings. The summed E-state index contributed by atoms with van der Waals surface area (Å²) in [4.78, 5) is 6.12. The topological polar surface area (TPSA) is 105 Å². The van der Waals surface area contributed by atoms with E-state index in [0.717, 1.165) is 0 Å². The fourth-order valence-electron chi connectivity index (χ4n) is 1.45. The Morgan fingerprint density at radius 3 is 3.24 bits per heavy atom. The quantitative estimate of drug-likeness (QED) is 0.326. The van der Waals surface area contributed by atoms with Gasteiger partial charge in [0, 0.05) is 32.4 Å². The fourth-order valence-corrected chi connectivity index (χ4v) is 1.45. The first-order valence-electron chi connectivity index (χ1n) is 5.04.